The Morgan fingerprint density at radius 3 is 3.06 bits per heavy atom. The van der Waals surface area contributed by atoms with Crippen molar-refractivity contribution in [1.82, 2.24) is 0 Å². The lowest BCUT2D eigenvalue weighted by Crippen LogP contribution is -2.43. The van der Waals surface area contributed by atoms with Crippen LogP contribution < -0.4 is 9.64 Å². The van der Waals surface area contributed by atoms with Gasteiger partial charge in [0.05, 0.1) is 18.3 Å². The Balaban J connectivity index is 2.32. The van der Waals surface area contributed by atoms with Crippen molar-refractivity contribution in [1.29, 1.82) is 0 Å². The number of hydrogen-bond donors (Lipinski definition) is 0. The number of benzene rings is 1. The van der Waals surface area contributed by atoms with Gasteiger partial charge in [0.2, 0.25) is 0 Å². The van der Waals surface area contributed by atoms with Crippen molar-refractivity contribution in [2.45, 2.75) is 13.0 Å². The van der Waals surface area contributed by atoms with Gasteiger partial charge in [0.1, 0.15) is 5.75 Å². The second-order valence-corrected chi connectivity index (χ2v) is 5.20. The average Bonchev–Trinajstić information content (AvgIpc) is 2.32. The summed E-state index contributed by atoms with van der Waals surface area (Å²) < 4.78 is 11.7. The van der Waals surface area contributed by atoms with Crippen molar-refractivity contribution in [2.24, 2.45) is 0 Å². The average molecular weight is 347 g/mol. The summed E-state index contributed by atoms with van der Waals surface area (Å²) >= 11 is 2.22. The highest BCUT2D eigenvalue weighted by atomic mass is 127. The highest BCUT2D eigenvalue weighted by Crippen LogP contribution is 2.33. The van der Waals surface area contributed by atoms with Gasteiger partial charge in [-0.1, -0.05) is 0 Å². The van der Waals surface area contributed by atoms with E-state index in [1.165, 1.54) is 0 Å². The monoisotopic (exact) mass is 347 g/mol. The standard InChI is InChI=1S/C12H14INO3/c1-8(16-2)6-14-10-5-9(13)3-4-11(10)17-7-12(14)15/h3-5,8H,6-7H2,1-2H3. The largest absolute Gasteiger partial charge is 0.482 e. The molecule has 1 aromatic carbocycles. The summed E-state index contributed by atoms with van der Waals surface area (Å²) in [5, 5.41) is 0. The zero-order chi connectivity index (χ0) is 12.4. The minimum absolute atomic E-state index is 0.00256. The Morgan fingerprint density at radius 2 is 2.35 bits per heavy atom. The van der Waals surface area contributed by atoms with Crippen LogP contribution in [0.2, 0.25) is 0 Å². The molecule has 0 aliphatic carbocycles. The molecule has 2 rings (SSSR count). The minimum atomic E-state index is -0.0246. The molecule has 1 unspecified atom stereocenters. The molecule has 0 saturated heterocycles. The molecule has 1 atom stereocenters. The van der Waals surface area contributed by atoms with Crippen LogP contribution in [0.5, 0.6) is 5.75 Å². The molecule has 17 heavy (non-hydrogen) atoms. The predicted octanol–water partition coefficient (Wildman–Crippen LogP) is 2.05. The number of amides is 1. The number of carbonyl (C=O) groups excluding carboxylic acids is 1. The van der Waals surface area contributed by atoms with Crippen molar-refractivity contribution in [3.63, 3.8) is 0 Å². The number of methoxy groups -OCH3 is 1. The molecule has 1 aliphatic heterocycles. The molecule has 1 heterocycles. The van der Waals surface area contributed by atoms with Gasteiger partial charge in [0.25, 0.3) is 5.91 Å². The minimum Gasteiger partial charge on any atom is -0.482 e. The van der Waals surface area contributed by atoms with Crippen LogP contribution >= 0.6 is 22.6 Å². The van der Waals surface area contributed by atoms with Crippen LogP contribution in [0.4, 0.5) is 5.69 Å². The molecule has 0 saturated carbocycles. The maximum atomic E-state index is 11.9. The fourth-order valence-electron chi connectivity index (χ4n) is 1.71. The lowest BCUT2D eigenvalue weighted by Gasteiger charge is -2.31. The fourth-order valence-corrected chi connectivity index (χ4v) is 2.18. The van der Waals surface area contributed by atoms with Crippen molar-refractivity contribution in [3.05, 3.63) is 21.8 Å². The Labute approximate surface area is 114 Å². The quantitative estimate of drug-likeness (QED) is 0.786. The van der Waals surface area contributed by atoms with Crippen molar-refractivity contribution < 1.29 is 14.3 Å². The molecular weight excluding hydrogens is 333 g/mol. The topological polar surface area (TPSA) is 38.8 Å². The lowest BCUT2D eigenvalue weighted by atomic mass is 10.2. The van der Waals surface area contributed by atoms with E-state index in [-0.39, 0.29) is 18.6 Å². The van der Waals surface area contributed by atoms with Crippen LogP contribution in [0, 0.1) is 3.57 Å². The highest BCUT2D eigenvalue weighted by molar-refractivity contribution is 14.1. The molecule has 1 amide bonds. The zero-order valence-electron chi connectivity index (χ0n) is 9.77. The summed E-state index contributed by atoms with van der Waals surface area (Å²) in [6.45, 7) is 2.59. The van der Waals surface area contributed by atoms with Gasteiger partial charge in [-0.15, -0.1) is 0 Å². The van der Waals surface area contributed by atoms with Crippen LogP contribution in [0.3, 0.4) is 0 Å². The van der Waals surface area contributed by atoms with Gasteiger partial charge in [-0.25, -0.2) is 0 Å². The molecule has 1 aromatic rings. The van der Waals surface area contributed by atoms with Crippen LogP contribution in [0.25, 0.3) is 0 Å². The normalized spacial score (nSPS) is 16.4. The third kappa shape index (κ3) is 2.71. The molecule has 0 radical (unpaired) electrons. The molecule has 1 aliphatic rings. The summed E-state index contributed by atoms with van der Waals surface area (Å²) in [7, 11) is 1.64. The van der Waals surface area contributed by atoms with Crippen molar-refractivity contribution in [3.8, 4) is 5.75 Å². The van der Waals surface area contributed by atoms with Gasteiger partial charge in [-0.3, -0.25) is 4.79 Å². The van der Waals surface area contributed by atoms with Crippen LogP contribution in [-0.2, 0) is 9.53 Å². The molecule has 0 N–H and O–H groups in total. The number of nitrogens with zero attached hydrogens (tertiary/aromatic N) is 1. The first kappa shape index (κ1) is 12.6. The van der Waals surface area contributed by atoms with Crippen LogP contribution in [-0.4, -0.2) is 32.3 Å². The van der Waals surface area contributed by atoms with Crippen molar-refractivity contribution in [2.75, 3.05) is 25.2 Å². The van der Waals surface area contributed by atoms with Crippen LogP contribution in [0.15, 0.2) is 18.2 Å². The third-order valence-electron chi connectivity index (χ3n) is 2.71. The Morgan fingerprint density at radius 1 is 1.59 bits per heavy atom. The Bertz CT molecular complexity index is 436. The number of carbonyl (C=O) groups is 1. The van der Waals surface area contributed by atoms with Gasteiger partial charge < -0.3 is 14.4 Å². The second kappa shape index (κ2) is 5.22. The molecule has 0 fully saturated rings. The number of fused-ring (bicyclic) bond motifs is 1. The summed E-state index contributed by atoms with van der Waals surface area (Å²) in [5.41, 5.74) is 0.831. The van der Waals surface area contributed by atoms with Gasteiger partial charge in [0, 0.05) is 10.7 Å². The number of halogens is 1. The van der Waals surface area contributed by atoms with Crippen molar-refractivity contribution >= 4 is 34.2 Å². The summed E-state index contributed by atoms with van der Waals surface area (Å²) in [5.74, 6) is 0.733. The smallest absolute Gasteiger partial charge is 0.265 e. The first-order valence-corrected chi connectivity index (χ1v) is 6.45. The number of anilines is 1. The van der Waals surface area contributed by atoms with E-state index in [2.05, 4.69) is 22.6 Å². The lowest BCUT2D eigenvalue weighted by molar-refractivity contribution is -0.121. The molecule has 5 heteroatoms. The Hall–Kier alpha value is -0.820. The maximum absolute atomic E-state index is 11.9. The highest BCUT2D eigenvalue weighted by Gasteiger charge is 2.26. The zero-order valence-corrected chi connectivity index (χ0v) is 11.9. The second-order valence-electron chi connectivity index (χ2n) is 3.95. The number of ether oxygens (including phenoxy) is 2. The van der Waals surface area contributed by atoms with E-state index in [0.29, 0.717) is 6.54 Å². The van der Waals surface area contributed by atoms with E-state index in [4.69, 9.17) is 9.47 Å². The van der Waals surface area contributed by atoms with Crippen LogP contribution in [0.1, 0.15) is 6.92 Å². The van der Waals surface area contributed by atoms with E-state index in [9.17, 15) is 4.79 Å². The number of rotatable bonds is 3. The summed E-state index contributed by atoms with van der Waals surface area (Å²) in [6, 6.07) is 5.82. The SMILES string of the molecule is COC(C)CN1C(=O)COc2ccc(I)cc21. The molecular formula is C12H14INO3. The Kier molecular flexibility index (Phi) is 3.88. The van der Waals surface area contributed by atoms with E-state index >= 15 is 0 Å². The molecule has 0 spiro atoms. The van der Waals surface area contributed by atoms with Gasteiger partial charge >= 0.3 is 0 Å². The first-order valence-electron chi connectivity index (χ1n) is 5.37. The number of hydrogen-bond acceptors (Lipinski definition) is 3. The summed E-state index contributed by atoms with van der Waals surface area (Å²) in [4.78, 5) is 13.6. The van der Waals surface area contributed by atoms with E-state index in [1.54, 1.807) is 12.0 Å². The van der Waals surface area contributed by atoms with Gasteiger partial charge in [-0.05, 0) is 47.7 Å². The van der Waals surface area contributed by atoms with E-state index in [1.807, 2.05) is 25.1 Å². The third-order valence-corrected chi connectivity index (χ3v) is 3.38. The molecule has 4 nitrogen and oxygen atoms in total. The summed E-state index contributed by atoms with van der Waals surface area (Å²) in [6.07, 6.45) is 0.00256. The predicted molar refractivity (Wildman–Crippen MR) is 73.5 cm³/mol. The van der Waals surface area contributed by atoms with E-state index in [0.717, 1.165) is 15.0 Å². The van der Waals surface area contributed by atoms with E-state index < -0.39 is 0 Å². The molecule has 92 valence electrons. The van der Waals surface area contributed by atoms with Gasteiger partial charge in [-0.2, -0.15) is 0 Å². The fraction of sp³-hybridized carbons (Fsp3) is 0.417. The molecule has 0 aromatic heterocycles. The molecule has 0 bridgehead atoms. The maximum Gasteiger partial charge on any atom is 0.265 e. The first-order chi connectivity index (χ1) is 8.11. The van der Waals surface area contributed by atoms with Gasteiger partial charge in [0.15, 0.2) is 6.61 Å².